The van der Waals surface area contributed by atoms with E-state index in [1.165, 1.54) is 6.92 Å². The monoisotopic (exact) mass is 387 g/mol. The maximum atomic E-state index is 12.6. The predicted molar refractivity (Wildman–Crippen MR) is 114 cm³/mol. The van der Waals surface area contributed by atoms with E-state index in [1.807, 2.05) is 31.2 Å². The van der Waals surface area contributed by atoms with Gasteiger partial charge in [-0.1, -0.05) is 30.3 Å². The second-order valence-corrected chi connectivity index (χ2v) is 6.57. The van der Waals surface area contributed by atoms with Crippen molar-refractivity contribution in [3.05, 3.63) is 89.5 Å². The Bertz CT molecular complexity index is 1080. The fourth-order valence-corrected chi connectivity index (χ4v) is 2.79. The topological polar surface area (TPSA) is 87.3 Å². The van der Waals surface area contributed by atoms with E-state index in [0.717, 1.165) is 11.3 Å². The van der Waals surface area contributed by atoms with Gasteiger partial charge in [-0.05, 0) is 55.0 Å². The molecule has 0 aliphatic rings. The molecule has 0 aliphatic heterocycles. The molecular weight excluding hydrogens is 366 g/mol. The van der Waals surface area contributed by atoms with E-state index < -0.39 is 0 Å². The smallest absolute Gasteiger partial charge is 0.255 e. The fourth-order valence-electron chi connectivity index (χ4n) is 2.79. The zero-order valence-corrected chi connectivity index (χ0v) is 16.2. The van der Waals surface area contributed by atoms with Gasteiger partial charge < -0.3 is 16.0 Å². The van der Waals surface area contributed by atoms with Crippen LogP contribution >= 0.6 is 0 Å². The molecule has 0 bridgehead atoms. The highest BCUT2D eigenvalue weighted by Crippen LogP contribution is 2.18. The maximum Gasteiger partial charge on any atom is 0.255 e. The third-order valence-electron chi connectivity index (χ3n) is 4.22. The van der Waals surface area contributed by atoms with E-state index in [9.17, 15) is 14.4 Å². The summed E-state index contributed by atoms with van der Waals surface area (Å²) in [6, 6.07) is 20.8. The number of hydrogen-bond donors (Lipinski definition) is 3. The Morgan fingerprint density at radius 2 is 1.24 bits per heavy atom. The van der Waals surface area contributed by atoms with Crippen molar-refractivity contribution in [2.45, 2.75) is 13.8 Å². The summed E-state index contributed by atoms with van der Waals surface area (Å²) < 4.78 is 0. The molecule has 0 aromatic heterocycles. The van der Waals surface area contributed by atoms with Crippen LogP contribution in [0.3, 0.4) is 0 Å². The predicted octanol–water partition coefficient (Wildman–Crippen LogP) is 4.46. The number of carbonyl (C=O) groups excluding carboxylic acids is 3. The molecule has 0 radical (unpaired) electrons. The third-order valence-corrected chi connectivity index (χ3v) is 4.22. The van der Waals surface area contributed by atoms with Crippen molar-refractivity contribution in [3.8, 4) is 0 Å². The molecule has 0 saturated carbocycles. The Morgan fingerprint density at radius 3 is 1.90 bits per heavy atom. The van der Waals surface area contributed by atoms with Crippen LogP contribution in [0.15, 0.2) is 72.8 Å². The summed E-state index contributed by atoms with van der Waals surface area (Å²) in [7, 11) is 0. The molecule has 3 N–H and O–H groups in total. The van der Waals surface area contributed by atoms with Gasteiger partial charge in [-0.25, -0.2) is 0 Å². The van der Waals surface area contributed by atoms with Crippen LogP contribution in [0.1, 0.15) is 33.2 Å². The molecule has 0 heterocycles. The summed E-state index contributed by atoms with van der Waals surface area (Å²) in [5.74, 6) is -0.835. The van der Waals surface area contributed by atoms with Crippen LogP contribution in [0.2, 0.25) is 0 Å². The Morgan fingerprint density at radius 1 is 0.655 bits per heavy atom. The zero-order chi connectivity index (χ0) is 20.8. The molecule has 6 heteroatoms. The van der Waals surface area contributed by atoms with E-state index in [2.05, 4.69) is 16.0 Å². The highest BCUT2D eigenvalue weighted by molar-refractivity contribution is 6.09. The molecule has 0 fully saturated rings. The number of para-hydroxylation sites is 1. The second kappa shape index (κ2) is 8.84. The molecule has 3 rings (SSSR count). The number of aryl methyl sites for hydroxylation is 1. The first kappa shape index (κ1) is 19.8. The van der Waals surface area contributed by atoms with Gasteiger partial charge in [-0.2, -0.15) is 0 Å². The summed E-state index contributed by atoms with van der Waals surface area (Å²) >= 11 is 0. The van der Waals surface area contributed by atoms with Gasteiger partial charge in [0.2, 0.25) is 5.91 Å². The van der Waals surface area contributed by atoms with Crippen LogP contribution in [0.4, 0.5) is 17.1 Å². The van der Waals surface area contributed by atoms with E-state index >= 15 is 0 Å². The van der Waals surface area contributed by atoms with Crippen molar-refractivity contribution >= 4 is 34.8 Å². The summed E-state index contributed by atoms with van der Waals surface area (Å²) in [4.78, 5) is 36.4. The first-order valence-electron chi connectivity index (χ1n) is 9.08. The van der Waals surface area contributed by atoms with Gasteiger partial charge in [0.1, 0.15) is 0 Å². The molecule has 3 aromatic carbocycles. The molecule has 146 valence electrons. The molecule has 0 spiro atoms. The number of anilines is 3. The molecule has 3 amide bonds. The summed E-state index contributed by atoms with van der Waals surface area (Å²) in [6.07, 6.45) is 0. The van der Waals surface area contributed by atoms with Crippen molar-refractivity contribution < 1.29 is 14.4 Å². The van der Waals surface area contributed by atoms with Crippen LogP contribution < -0.4 is 16.0 Å². The quantitative estimate of drug-likeness (QED) is 0.604. The highest BCUT2D eigenvalue weighted by Gasteiger charge is 2.12. The van der Waals surface area contributed by atoms with Crippen LogP contribution in [-0.4, -0.2) is 17.7 Å². The Kier molecular flexibility index (Phi) is 6.04. The standard InChI is InChI=1S/C23H21N3O3/c1-15-7-3-4-12-21(15)26-23(29)18-9-5-8-17(13-18)22(28)25-20-11-6-10-19(14-20)24-16(2)27/h3-14H,1-2H3,(H,24,27)(H,25,28)(H,26,29). The number of nitrogens with one attached hydrogen (secondary N) is 3. The van der Waals surface area contributed by atoms with E-state index in [1.54, 1.807) is 48.5 Å². The van der Waals surface area contributed by atoms with Crippen molar-refractivity contribution in [3.63, 3.8) is 0 Å². The minimum Gasteiger partial charge on any atom is -0.326 e. The van der Waals surface area contributed by atoms with E-state index in [4.69, 9.17) is 0 Å². The lowest BCUT2D eigenvalue weighted by atomic mass is 10.1. The lowest BCUT2D eigenvalue weighted by molar-refractivity contribution is -0.114. The molecule has 0 unspecified atom stereocenters. The molecule has 0 aliphatic carbocycles. The van der Waals surface area contributed by atoms with Crippen LogP contribution in [0.25, 0.3) is 0 Å². The molecule has 6 nitrogen and oxygen atoms in total. The van der Waals surface area contributed by atoms with E-state index in [-0.39, 0.29) is 17.7 Å². The molecular formula is C23H21N3O3. The van der Waals surface area contributed by atoms with Crippen molar-refractivity contribution in [2.75, 3.05) is 16.0 Å². The fraction of sp³-hybridized carbons (Fsp3) is 0.0870. The first-order valence-corrected chi connectivity index (χ1v) is 9.08. The molecule has 3 aromatic rings. The summed E-state index contributed by atoms with van der Waals surface area (Å²) in [5, 5.41) is 8.30. The van der Waals surface area contributed by atoms with Gasteiger partial charge in [0.05, 0.1) is 0 Å². The lowest BCUT2D eigenvalue weighted by Crippen LogP contribution is -2.16. The number of benzene rings is 3. The Labute approximate surface area is 169 Å². The van der Waals surface area contributed by atoms with Crippen LogP contribution in [0.5, 0.6) is 0 Å². The van der Waals surface area contributed by atoms with Gasteiger partial charge in [0, 0.05) is 35.1 Å². The SMILES string of the molecule is CC(=O)Nc1cccc(NC(=O)c2cccc(C(=O)Nc3ccccc3C)c2)c1. The number of amides is 3. The molecule has 0 saturated heterocycles. The molecule has 0 atom stereocenters. The van der Waals surface area contributed by atoms with Gasteiger partial charge in [0.25, 0.3) is 11.8 Å². The van der Waals surface area contributed by atoms with Crippen molar-refractivity contribution in [1.82, 2.24) is 0 Å². The minimum absolute atomic E-state index is 0.194. The summed E-state index contributed by atoms with van der Waals surface area (Å²) in [6.45, 7) is 3.33. The van der Waals surface area contributed by atoms with Crippen molar-refractivity contribution in [2.24, 2.45) is 0 Å². The first-order chi connectivity index (χ1) is 13.9. The number of carbonyl (C=O) groups is 3. The maximum absolute atomic E-state index is 12.6. The van der Waals surface area contributed by atoms with Gasteiger partial charge >= 0.3 is 0 Å². The zero-order valence-electron chi connectivity index (χ0n) is 16.2. The Hall–Kier alpha value is -3.93. The van der Waals surface area contributed by atoms with E-state index in [0.29, 0.717) is 22.5 Å². The number of hydrogen-bond acceptors (Lipinski definition) is 3. The largest absolute Gasteiger partial charge is 0.326 e. The normalized spacial score (nSPS) is 10.1. The van der Waals surface area contributed by atoms with Crippen molar-refractivity contribution in [1.29, 1.82) is 0 Å². The van der Waals surface area contributed by atoms with Gasteiger partial charge in [0.15, 0.2) is 0 Å². The molecule has 29 heavy (non-hydrogen) atoms. The minimum atomic E-state index is -0.351. The highest BCUT2D eigenvalue weighted by atomic mass is 16.2. The second-order valence-electron chi connectivity index (χ2n) is 6.57. The van der Waals surface area contributed by atoms with Crippen LogP contribution in [0, 0.1) is 6.92 Å². The average Bonchev–Trinajstić information content (AvgIpc) is 2.69. The van der Waals surface area contributed by atoms with Gasteiger partial charge in [-0.3, -0.25) is 14.4 Å². The average molecular weight is 387 g/mol. The number of rotatable bonds is 5. The Balaban J connectivity index is 1.73. The lowest BCUT2D eigenvalue weighted by Gasteiger charge is -2.10. The van der Waals surface area contributed by atoms with Gasteiger partial charge in [-0.15, -0.1) is 0 Å². The van der Waals surface area contributed by atoms with Crippen LogP contribution in [-0.2, 0) is 4.79 Å². The summed E-state index contributed by atoms with van der Waals surface area (Å²) in [5.41, 5.74) is 3.54. The third kappa shape index (κ3) is 5.29.